The fourth-order valence-corrected chi connectivity index (χ4v) is 8.54. The zero-order valence-corrected chi connectivity index (χ0v) is 23.2. The van der Waals surface area contributed by atoms with E-state index in [0.717, 1.165) is 37.0 Å². The molecule has 0 radical (unpaired) electrons. The molecule has 2 aliphatic carbocycles. The standard InChI is InChI=1S/C27H29N5O8S/c1-26(2)18-9-11-27(26)16-41(39)21(10-12-28-29-22-8-7-20(31(35)36)14-23(22)32(37)38)15-24(40-25(27)13-18)17-3-5-19(6-4-17)30(33)34/h3-8,10,12,14,18,24-25,29H,9,11,13,15-16H2,1-2H3/b21-10+,28-12+/t18-,24-,25-,27-,41-/m1/s1. The lowest BCUT2D eigenvalue weighted by Gasteiger charge is -2.45. The van der Waals surface area contributed by atoms with Crippen molar-refractivity contribution < 1.29 is 23.7 Å². The molecule has 0 aromatic heterocycles. The average molecular weight is 584 g/mol. The van der Waals surface area contributed by atoms with Crippen molar-refractivity contribution in [2.45, 2.75) is 51.7 Å². The van der Waals surface area contributed by atoms with Gasteiger partial charge in [0.2, 0.25) is 0 Å². The molecule has 1 spiro atoms. The number of rotatable bonds is 7. The summed E-state index contributed by atoms with van der Waals surface area (Å²) in [5.74, 6) is 0.894. The van der Waals surface area contributed by atoms with Crippen LogP contribution in [0.3, 0.4) is 0 Å². The largest absolute Gasteiger partial charge is 0.369 e. The Balaban J connectivity index is 1.45. The van der Waals surface area contributed by atoms with Gasteiger partial charge in [0.05, 0.1) is 33.0 Å². The third-order valence-electron chi connectivity index (χ3n) is 9.14. The monoisotopic (exact) mass is 583 g/mol. The summed E-state index contributed by atoms with van der Waals surface area (Å²) >= 11 is 0. The van der Waals surface area contributed by atoms with Crippen LogP contribution >= 0.6 is 0 Å². The molecule has 2 aromatic carbocycles. The maximum atomic E-state index is 13.9. The molecular weight excluding hydrogens is 554 g/mol. The highest BCUT2D eigenvalue weighted by molar-refractivity contribution is 7.89. The molecule has 2 bridgehead atoms. The summed E-state index contributed by atoms with van der Waals surface area (Å²) in [6.45, 7) is 4.44. The van der Waals surface area contributed by atoms with Crippen molar-refractivity contribution in [1.82, 2.24) is 0 Å². The van der Waals surface area contributed by atoms with Crippen molar-refractivity contribution in [2.24, 2.45) is 21.8 Å². The Hall–Kier alpha value is -4.04. The van der Waals surface area contributed by atoms with E-state index in [0.29, 0.717) is 16.6 Å². The summed E-state index contributed by atoms with van der Waals surface area (Å²) in [6.07, 6.45) is 5.47. The quantitative estimate of drug-likeness (QED) is 0.239. The lowest BCUT2D eigenvalue weighted by atomic mass is 9.69. The van der Waals surface area contributed by atoms with Crippen LogP contribution in [-0.4, -0.2) is 37.1 Å². The van der Waals surface area contributed by atoms with Crippen molar-refractivity contribution in [3.63, 3.8) is 0 Å². The van der Waals surface area contributed by atoms with E-state index in [4.69, 9.17) is 4.74 Å². The number of hydrogen-bond donors (Lipinski definition) is 1. The van der Waals surface area contributed by atoms with E-state index in [1.165, 1.54) is 24.4 Å². The Morgan fingerprint density at radius 2 is 1.71 bits per heavy atom. The number of nitro groups is 3. The van der Waals surface area contributed by atoms with Crippen molar-refractivity contribution in [3.8, 4) is 0 Å². The van der Waals surface area contributed by atoms with Crippen LogP contribution in [0.15, 0.2) is 58.5 Å². The number of nitrogens with one attached hydrogen (secondary N) is 1. The van der Waals surface area contributed by atoms with Crippen LogP contribution in [0.2, 0.25) is 0 Å². The molecule has 3 fully saturated rings. The highest BCUT2D eigenvalue weighted by Crippen LogP contribution is 2.68. The van der Waals surface area contributed by atoms with Crippen LogP contribution in [0.5, 0.6) is 0 Å². The maximum Gasteiger partial charge on any atom is 0.301 e. The van der Waals surface area contributed by atoms with Gasteiger partial charge in [0.1, 0.15) is 5.69 Å². The number of hydrazone groups is 1. The van der Waals surface area contributed by atoms with E-state index < -0.39 is 43.0 Å². The van der Waals surface area contributed by atoms with Crippen LogP contribution < -0.4 is 5.43 Å². The Labute approximate surface area is 237 Å². The highest BCUT2D eigenvalue weighted by Gasteiger charge is 2.65. The van der Waals surface area contributed by atoms with Crippen molar-refractivity contribution in [2.75, 3.05) is 11.2 Å². The summed E-state index contributed by atoms with van der Waals surface area (Å²) in [7, 11) is -1.38. The van der Waals surface area contributed by atoms with Gasteiger partial charge in [-0.15, -0.1) is 0 Å². The number of benzene rings is 2. The van der Waals surface area contributed by atoms with Gasteiger partial charge in [-0.2, -0.15) is 5.10 Å². The second-order valence-corrected chi connectivity index (χ2v) is 12.7. The van der Waals surface area contributed by atoms with Gasteiger partial charge in [0.15, 0.2) is 0 Å². The number of fused-ring (bicyclic) bond motifs is 1. The van der Waals surface area contributed by atoms with Gasteiger partial charge < -0.3 is 4.74 Å². The number of non-ortho nitro benzene ring substituents is 2. The first-order valence-electron chi connectivity index (χ1n) is 13.1. The maximum absolute atomic E-state index is 13.9. The molecule has 0 unspecified atom stereocenters. The Morgan fingerprint density at radius 1 is 1.02 bits per heavy atom. The molecule has 1 aliphatic heterocycles. The van der Waals surface area contributed by atoms with Crippen molar-refractivity contribution >= 4 is 39.8 Å². The summed E-state index contributed by atoms with van der Waals surface area (Å²) in [6, 6.07) is 9.37. The van der Waals surface area contributed by atoms with Gasteiger partial charge in [0, 0.05) is 57.7 Å². The summed E-state index contributed by atoms with van der Waals surface area (Å²) in [4.78, 5) is 32.2. The minimum atomic E-state index is -1.38. The first-order chi connectivity index (χ1) is 19.4. The van der Waals surface area contributed by atoms with E-state index in [1.54, 1.807) is 18.2 Å². The van der Waals surface area contributed by atoms with Gasteiger partial charge in [-0.25, -0.2) is 0 Å². The Morgan fingerprint density at radius 3 is 2.34 bits per heavy atom. The number of anilines is 1. The molecule has 2 aromatic rings. The van der Waals surface area contributed by atoms with Gasteiger partial charge in [-0.3, -0.25) is 40.0 Å². The molecule has 14 heteroatoms. The third kappa shape index (κ3) is 5.12. The molecule has 0 amide bonds. The number of ether oxygens (including phenoxy) is 1. The van der Waals surface area contributed by atoms with Crippen LogP contribution in [0.25, 0.3) is 0 Å². The number of hydrogen-bond acceptors (Lipinski definition) is 10. The van der Waals surface area contributed by atoms with Crippen LogP contribution in [0.4, 0.5) is 22.7 Å². The fourth-order valence-electron chi connectivity index (χ4n) is 6.64. The van der Waals surface area contributed by atoms with Gasteiger partial charge in [-0.05, 0) is 60.4 Å². The third-order valence-corrected chi connectivity index (χ3v) is 10.8. The lowest BCUT2D eigenvalue weighted by Crippen LogP contribution is -2.46. The number of allylic oxidation sites excluding steroid dienone is 1. The second kappa shape index (κ2) is 10.7. The summed E-state index contributed by atoms with van der Waals surface area (Å²) < 4.78 is 20.6. The SMILES string of the molecule is CC1(C)[C@@H]2CC[C@]13C[S@@](=O)/C(=C/C=N/Nc1ccc([N+](=O)[O-])cc1[N+](=O)[O-])C[C@H](c1ccc([N+](=O)[O-])cc1)O[C@@H]3C2. The lowest BCUT2D eigenvalue weighted by molar-refractivity contribution is -0.393. The van der Waals surface area contributed by atoms with Crippen LogP contribution in [0.1, 0.15) is 51.2 Å². The Kier molecular flexibility index (Phi) is 7.46. The second-order valence-electron chi connectivity index (χ2n) is 11.2. The molecule has 216 valence electrons. The summed E-state index contributed by atoms with van der Waals surface area (Å²) in [5, 5.41) is 37.6. The molecule has 1 N–H and O–H groups in total. The minimum absolute atomic E-state index is 0.0324. The molecular formula is C27H29N5O8S. The highest BCUT2D eigenvalue weighted by atomic mass is 32.2. The van der Waals surface area contributed by atoms with Crippen molar-refractivity contribution in [3.05, 3.63) is 89.4 Å². The Bertz CT molecular complexity index is 1490. The van der Waals surface area contributed by atoms with E-state index in [2.05, 4.69) is 24.4 Å². The van der Waals surface area contributed by atoms with E-state index in [-0.39, 0.29) is 34.7 Å². The molecule has 1 heterocycles. The molecule has 1 saturated heterocycles. The van der Waals surface area contributed by atoms with Gasteiger partial charge in [-0.1, -0.05) is 13.8 Å². The zero-order chi connectivity index (χ0) is 29.5. The van der Waals surface area contributed by atoms with E-state index in [1.807, 2.05) is 0 Å². The van der Waals surface area contributed by atoms with Crippen LogP contribution in [0, 0.1) is 47.1 Å². The molecule has 3 aliphatic rings. The van der Waals surface area contributed by atoms with Crippen molar-refractivity contribution in [1.29, 1.82) is 0 Å². The first-order valence-corrected chi connectivity index (χ1v) is 14.4. The molecule has 5 atom stereocenters. The minimum Gasteiger partial charge on any atom is -0.369 e. The van der Waals surface area contributed by atoms with Crippen LogP contribution in [-0.2, 0) is 15.5 Å². The zero-order valence-electron chi connectivity index (χ0n) is 22.4. The van der Waals surface area contributed by atoms with E-state index in [9.17, 15) is 34.6 Å². The molecule has 41 heavy (non-hydrogen) atoms. The topological polar surface area (TPSA) is 180 Å². The van der Waals surface area contributed by atoms with E-state index >= 15 is 0 Å². The van der Waals surface area contributed by atoms with Gasteiger partial charge in [0.25, 0.3) is 11.4 Å². The molecule has 5 rings (SSSR count). The number of nitrogens with zero attached hydrogens (tertiary/aromatic N) is 4. The number of nitro benzene ring substituents is 3. The fraction of sp³-hybridized carbons (Fsp3) is 0.444. The predicted molar refractivity (Wildman–Crippen MR) is 152 cm³/mol. The smallest absolute Gasteiger partial charge is 0.301 e. The predicted octanol–water partition coefficient (Wildman–Crippen LogP) is 5.80. The normalized spacial score (nSPS) is 29.6. The molecule has 2 saturated carbocycles. The van der Waals surface area contributed by atoms with Gasteiger partial charge >= 0.3 is 5.69 Å². The first kappa shape index (κ1) is 28.5. The molecule has 13 nitrogen and oxygen atoms in total. The summed E-state index contributed by atoms with van der Waals surface area (Å²) in [5.41, 5.74) is 1.95. The average Bonchev–Trinajstić information content (AvgIpc) is 3.28.